The van der Waals surface area contributed by atoms with Gasteiger partial charge in [0, 0.05) is 37.9 Å². The summed E-state index contributed by atoms with van der Waals surface area (Å²) < 4.78 is 5.30. The maximum atomic E-state index is 12.0. The van der Waals surface area contributed by atoms with Gasteiger partial charge >= 0.3 is 6.03 Å². The number of anilines is 1. The summed E-state index contributed by atoms with van der Waals surface area (Å²) in [6.45, 7) is 5.25. The van der Waals surface area contributed by atoms with Crippen LogP contribution < -0.4 is 20.3 Å². The number of benzene rings is 2. The highest BCUT2D eigenvalue weighted by atomic mass is 16.5. The molecule has 2 aromatic rings. The molecule has 0 aromatic heterocycles. The minimum Gasteiger partial charge on any atom is -0.497 e. The van der Waals surface area contributed by atoms with Crippen LogP contribution in [0.4, 0.5) is 10.5 Å². The van der Waals surface area contributed by atoms with E-state index in [1.807, 2.05) is 24.3 Å². The van der Waals surface area contributed by atoms with E-state index in [2.05, 4.69) is 46.7 Å². The van der Waals surface area contributed by atoms with Gasteiger partial charge < -0.3 is 20.3 Å². The van der Waals surface area contributed by atoms with Crippen molar-refractivity contribution in [1.29, 1.82) is 0 Å². The predicted molar refractivity (Wildman–Crippen MR) is 105 cm³/mol. The highest BCUT2D eigenvalue weighted by Gasteiger charge is 2.23. The zero-order valence-electron chi connectivity index (χ0n) is 15.5. The Balaban J connectivity index is 1.41. The Morgan fingerprint density at radius 1 is 1.19 bits per heavy atom. The summed E-state index contributed by atoms with van der Waals surface area (Å²) >= 11 is 0. The molecule has 2 amide bonds. The third-order valence-electron chi connectivity index (χ3n) is 4.83. The molecular weight excluding hydrogens is 326 g/mol. The first kappa shape index (κ1) is 18.1. The second kappa shape index (κ2) is 8.61. The van der Waals surface area contributed by atoms with Crippen molar-refractivity contribution in [2.45, 2.75) is 19.9 Å². The van der Waals surface area contributed by atoms with E-state index >= 15 is 0 Å². The number of ether oxygens (including phenoxy) is 1. The normalized spacial score (nSPS) is 16.4. The number of rotatable bonds is 6. The fourth-order valence-electron chi connectivity index (χ4n) is 3.23. The number of nitrogens with one attached hydrogen (secondary N) is 2. The number of hydrogen-bond acceptors (Lipinski definition) is 3. The third kappa shape index (κ3) is 4.91. The standard InChI is InChI=1S/C21H27N3O2/c1-16-6-8-17(9-7-16)13-22-21(25)23-14-18-10-11-24(15-18)19-4-3-5-20(12-19)26-2/h3-9,12,18H,10-11,13-15H2,1-2H3,(H2,22,23,25). The Morgan fingerprint density at radius 2 is 2.00 bits per heavy atom. The van der Waals surface area contributed by atoms with Gasteiger partial charge in [0.25, 0.3) is 0 Å². The molecule has 5 heteroatoms. The second-order valence-electron chi connectivity index (χ2n) is 6.85. The third-order valence-corrected chi connectivity index (χ3v) is 4.83. The second-order valence-corrected chi connectivity index (χ2v) is 6.85. The summed E-state index contributed by atoms with van der Waals surface area (Å²) in [6.07, 6.45) is 1.08. The topological polar surface area (TPSA) is 53.6 Å². The molecule has 1 unspecified atom stereocenters. The zero-order valence-corrected chi connectivity index (χ0v) is 15.5. The molecule has 138 valence electrons. The van der Waals surface area contributed by atoms with Crippen molar-refractivity contribution in [2.24, 2.45) is 5.92 Å². The summed E-state index contributed by atoms with van der Waals surface area (Å²) in [4.78, 5) is 14.4. The predicted octanol–water partition coefficient (Wildman–Crippen LogP) is 3.33. The van der Waals surface area contributed by atoms with Gasteiger partial charge in [0.2, 0.25) is 0 Å². The lowest BCUT2D eigenvalue weighted by molar-refractivity contribution is 0.239. The molecule has 1 aliphatic heterocycles. The Morgan fingerprint density at radius 3 is 2.77 bits per heavy atom. The number of urea groups is 1. The van der Waals surface area contributed by atoms with Crippen molar-refractivity contribution < 1.29 is 9.53 Å². The monoisotopic (exact) mass is 353 g/mol. The average molecular weight is 353 g/mol. The largest absolute Gasteiger partial charge is 0.497 e. The first-order valence-electron chi connectivity index (χ1n) is 9.10. The van der Waals surface area contributed by atoms with Crippen LogP contribution in [0.3, 0.4) is 0 Å². The summed E-state index contributed by atoms with van der Waals surface area (Å²) in [5, 5.41) is 5.92. The molecule has 5 nitrogen and oxygen atoms in total. The minimum atomic E-state index is -0.106. The Hall–Kier alpha value is -2.69. The summed E-state index contributed by atoms with van der Waals surface area (Å²) in [6, 6.07) is 16.2. The molecular formula is C21H27N3O2. The van der Waals surface area contributed by atoms with E-state index in [1.54, 1.807) is 7.11 Å². The quantitative estimate of drug-likeness (QED) is 0.838. The number of carbonyl (C=O) groups is 1. The van der Waals surface area contributed by atoms with Crippen molar-refractivity contribution >= 4 is 11.7 Å². The first-order valence-corrected chi connectivity index (χ1v) is 9.10. The molecule has 3 rings (SSSR count). The van der Waals surface area contributed by atoms with Gasteiger partial charge in [-0.25, -0.2) is 4.79 Å². The molecule has 1 atom stereocenters. The van der Waals surface area contributed by atoms with Crippen LogP contribution in [0.1, 0.15) is 17.5 Å². The molecule has 0 saturated carbocycles. The van der Waals surface area contributed by atoms with Crippen LogP contribution in [0, 0.1) is 12.8 Å². The molecule has 26 heavy (non-hydrogen) atoms. The molecule has 2 aromatic carbocycles. The van der Waals surface area contributed by atoms with Crippen LogP contribution in [0.2, 0.25) is 0 Å². The van der Waals surface area contributed by atoms with Gasteiger partial charge in [-0.15, -0.1) is 0 Å². The molecule has 0 radical (unpaired) electrons. The number of aryl methyl sites for hydroxylation is 1. The molecule has 1 saturated heterocycles. The van der Waals surface area contributed by atoms with Crippen LogP contribution >= 0.6 is 0 Å². The van der Waals surface area contributed by atoms with Crippen molar-refractivity contribution in [1.82, 2.24) is 10.6 Å². The van der Waals surface area contributed by atoms with Gasteiger partial charge in [-0.05, 0) is 37.0 Å². The van der Waals surface area contributed by atoms with Crippen LogP contribution in [-0.2, 0) is 6.54 Å². The Kier molecular flexibility index (Phi) is 6.00. The van der Waals surface area contributed by atoms with Gasteiger partial charge in [0.05, 0.1) is 7.11 Å². The fraction of sp³-hybridized carbons (Fsp3) is 0.381. The molecule has 1 aliphatic rings. The van der Waals surface area contributed by atoms with Gasteiger partial charge in [-0.1, -0.05) is 35.9 Å². The Bertz CT molecular complexity index is 730. The van der Waals surface area contributed by atoms with Crippen molar-refractivity contribution in [3.63, 3.8) is 0 Å². The maximum Gasteiger partial charge on any atom is 0.315 e. The zero-order chi connectivity index (χ0) is 18.4. The number of methoxy groups -OCH3 is 1. The van der Waals surface area contributed by atoms with Crippen molar-refractivity contribution in [2.75, 3.05) is 31.6 Å². The van der Waals surface area contributed by atoms with Crippen LogP contribution in [0.25, 0.3) is 0 Å². The number of amides is 2. The number of nitrogens with zero attached hydrogens (tertiary/aromatic N) is 1. The van der Waals surface area contributed by atoms with E-state index in [1.165, 1.54) is 11.3 Å². The number of carbonyl (C=O) groups excluding carboxylic acids is 1. The summed E-state index contributed by atoms with van der Waals surface area (Å²) in [5.74, 6) is 1.34. The lowest BCUT2D eigenvalue weighted by Crippen LogP contribution is -2.38. The van der Waals surface area contributed by atoms with Gasteiger partial charge in [0.1, 0.15) is 5.75 Å². The first-order chi connectivity index (χ1) is 12.6. The molecule has 0 bridgehead atoms. The van der Waals surface area contributed by atoms with Gasteiger partial charge in [0.15, 0.2) is 0 Å². The van der Waals surface area contributed by atoms with E-state index < -0.39 is 0 Å². The SMILES string of the molecule is COc1cccc(N2CCC(CNC(=O)NCc3ccc(C)cc3)C2)c1. The molecule has 1 fully saturated rings. The maximum absolute atomic E-state index is 12.0. The smallest absolute Gasteiger partial charge is 0.315 e. The Labute approximate surface area is 155 Å². The average Bonchev–Trinajstić information content (AvgIpc) is 3.15. The van der Waals surface area contributed by atoms with Crippen LogP contribution in [-0.4, -0.2) is 32.8 Å². The fourth-order valence-corrected chi connectivity index (χ4v) is 3.23. The molecule has 2 N–H and O–H groups in total. The van der Waals surface area contributed by atoms with Gasteiger partial charge in [-0.2, -0.15) is 0 Å². The van der Waals surface area contributed by atoms with Crippen LogP contribution in [0.5, 0.6) is 5.75 Å². The van der Waals surface area contributed by atoms with Crippen LogP contribution in [0.15, 0.2) is 48.5 Å². The van der Waals surface area contributed by atoms with E-state index in [-0.39, 0.29) is 6.03 Å². The summed E-state index contributed by atoms with van der Waals surface area (Å²) in [7, 11) is 1.69. The van der Waals surface area contributed by atoms with Crippen molar-refractivity contribution in [3.05, 3.63) is 59.7 Å². The molecule has 0 aliphatic carbocycles. The van der Waals surface area contributed by atoms with Gasteiger partial charge in [-0.3, -0.25) is 0 Å². The highest BCUT2D eigenvalue weighted by Crippen LogP contribution is 2.26. The molecule has 1 heterocycles. The lowest BCUT2D eigenvalue weighted by Gasteiger charge is -2.19. The van der Waals surface area contributed by atoms with E-state index in [9.17, 15) is 4.79 Å². The van der Waals surface area contributed by atoms with E-state index in [4.69, 9.17) is 4.74 Å². The lowest BCUT2D eigenvalue weighted by atomic mass is 10.1. The van der Waals surface area contributed by atoms with E-state index in [0.717, 1.165) is 30.8 Å². The van der Waals surface area contributed by atoms with E-state index in [0.29, 0.717) is 19.0 Å². The highest BCUT2D eigenvalue weighted by molar-refractivity contribution is 5.73. The molecule has 0 spiro atoms. The number of hydrogen-bond donors (Lipinski definition) is 2. The minimum absolute atomic E-state index is 0.106. The van der Waals surface area contributed by atoms with Crippen molar-refractivity contribution in [3.8, 4) is 5.75 Å². The summed E-state index contributed by atoms with van der Waals surface area (Å²) in [5.41, 5.74) is 3.51.